The summed E-state index contributed by atoms with van der Waals surface area (Å²) in [7, 11) is 0. The quantitative estimate of drug-likeness (QED) is 0.743. The van der Waals surface area contributed by atoms with Crippen LogP contribution in [0.15, 0.2) is 59.3 Å². The van der Waals surface area contributed by atoms with Crippen molar-refractivity contribution < 1.29 is 9.53 Å². The molecule has 1 heterocycles. The van der Waals surface area contributed by atoms with Crippen molar-refractivity contribution in [3.05, 3.63) is 59.3 Å². The van der Waals surface area contributed by atoms with E-state index in [1.54, 1.807) is 17.4 Å². The normalized spacial score (nSPS) is 10.3. The third kappa shape index (κ3) is 2.58. The van der Waals surface area contributed by atoms with Gasteiger partial charge in [0, 0.05) is 16.5 Å². The summed E-state index contributed by atoms with van der Waals surface area (Å²) in [4.78, 5) is 11.8. The van der Waals surface area contributed by atoms with Crippen LogP contribution in [0.1, 0.15) is 0 Å². The van der Waals surface area contributed by atoms with Gasteiger partial charge in [-0.1, -0.05) is 30.3 Å². The number of nitrogens with one attached hydrogen (secondary N) is 1. The highest BCUT2D eigenvalue weighted by Gasteiger charge is 2.08. The fourth-order valence-corrected chi connectivity index (χ4v) is 2.63. The first-order chi connectivity index (χ1) is 9.33. The second-order valence-electron chi connectivity index (χ2n) is 4.01. The predicted molar refractivity (Wildman–Crippen MR) is 77.9 cm³/mol. The molecule has 0 aliphatic heterocycles. The molecule has 0 aliphatic carbocycles. The molecule has 1 N–H and O–H groups in total. The highest BCUT2D eigenvalue weighted by Crippen LogP contribution is 2.28. The lowest BCUT2D eigenvalue weighted by molar-refractivity contribution is 0.215. The average molecular weight is 269 g/mol. The van der Waals surface area contributed by atoms with E-state index in [9.17, 15) is 4.79 Å². The molecule has 0 fully saturated rings. The van der Waals surface area contributed by atoms with Crippen LogP contribution < -0.4 is 10.1 Å². The van der Waals surface area contributed by atoms with Crippen LogP contribution in [0.2, 0.25) is 0 Å². The maximum Gasteiger partial charge on any atom is 0.417 e. The Bertz CT molecular complexity index is 706. The van der Waals surface area contributed by atoms with E-state index in [1.807, 2.05) is 53.2 Å². The molecule has 3 rings (SSSR count). The van der Waals surface area contributed by atoms with Gasteiger partial charge in [-0.3, -0.25) is 5.32 Å². The van der Waals surface area contributed by atoms with Gasteiger partial charge in [-0.15, -0.1) is 0 Å². The summed E-state index contributed by atoms with van der Waals surface area (Å²) in [6.07, 6.45) is -0.482. The molecule has 4 heteroatoms. The highest BCUT2D eigenvalue weighted by molar-refractivity contribution is 7.09. The van der Waals surface area contributed by atoms with Crippen molar-refractivity contribution in [1.82, 2.24) is 0 Å². The van der Waals surface area contributed by atoms with Crippen LogP contribution in [0.3, 0.4) is 0 Å². The molecule has 3 aromatic rings. The van der Waals surface area contributed by atoms with Gasteiger partial charge in [0.2, 0.25) is 0 Å². The Morgan fingerprint density at radius 3 is 2.68 bits per heavy atom. The standard InChI is InChI=1S/C15H11NO2S/c17-15(16-12-6-2-1-3-7-12)18-14-8-4-5-11-9-19-10-13(11)14/h1-10H,(H,16,17). The minimum atomic E-state index is -0.482. The number of anilines is 1. The van der Waals surface area contributed by atoms with E-state index in [0.717, 1.165) is 10.8 Å². The summed E-state index contributed by atoms with van der Waals surface area (Å²) in [5.41, 5.74) is 0.713. The number of hydrogen-bond acceptors (Lipinski definition) is 3. The molecule has 0 saturated heterocycles. The summed E-state index contributed by atoms with van der Waals surface area (Å²) >= 11 is 1.59. The first-order valence-electron chi connectivity index (χ1n) is 5.82. The first-order valence-corrected chi connectivity index (χ1v) is 6.76. The maximum absolute atomic E-state index is 11.8. The first kappa shape index (κ1) is 11.7. The van der Waals surface area contributed by atoms with Gasteiger partial charge >= 0.3 is 6.09 Å². The Labute approximate surface area is 114 Å². The van der Waals surface area contributed by atoms with Crippen LogP contribution in [-0.2, 0) is 0 Å². The van der Waals surface area contributed by atoms with Crippen molar-refractivity contribution in [2.75, 3.05) is 5.32 Å². The van der Waals surface area contributed by atoms with Crippen molar-refractivity contribution in [3.63, 3.8) is 0 Å². The SMILES string of the molecule is O=C(Nc1ccccc1)Oc1cccc2cscc12. The minimum Gasteiger partial charge on any atom is -0.409 e. The smallest absolute Gasteiger partial charge is 0.409 e. The molecule has 0 saturated carbocycles. The van der Waals surface area contributed by atoms with E-state index in [4.69, 9.17) is 4.74 Å². The van der Waals surface area contributed by atoms with Gasteiger partial charge < -0.3 is 4.74 Å². The second-order valence-corrected chi connectivity index (χ2v) is 4.75. The molecule has 3 nitrogen and oxygen atoms in total. The second kappa shape index (κ2) is 5.12. The van der Waals surface area contributed by atoms with Crippen LogP contribution in [0.5, 0.6) is 5.75 Å². The number of rotatable bonds is 2. The average Bonchev–Trinajstić information content (AvgIpc) is 2.89. The zero-order valence-corrected chi connectivity index (χ0v) is 10.8. The number of thiophene rings is 1. The molecular formula is C15H11NO2S. The molecule has 0 spiro atoms. The van der Waals surface area contributed by atoms with E-state index in [2.05, 4.69) is 5.32 Å². The lowest BCUT2D eigenvalue weighted by Crippen LogP contribution is -2.16. The summed E-state index contributed by atoms with van der Waals surface area (Å²) in [6, 6.07) is 14.9. The molecule has 1 amide bonds. The van der Waals surface area contributed by atoms with Crippen molar-refractivity contribution >= 4 is 33.9 Å². The van der Waals surface area contributed by atoms with Gasteiger partial charge in [0.1, 0.15) is 5.75 Å². The maximum atomic E-state index is 11.8. The summed E-state index contributed by atoms with van der Waals surface area (Å²) in [5.74, 6) is 0.576. The Hall–Kier alpha value is -2.33. The monoisotopic (exact) mass is 269 g/mol. The van der Waals surface area contributed by atoms with E-state index in [1.165, 1.54) is 0 Å². The Morgan fingerprint density at radius 1 is 1.00 bits per heavy atom. The molecule has 2 aromatic carbocycles. The van der Waals surface area contributed by atoms with Crippen LogP contribution in [0.4, 0.5) is 10.5 Å². The number of benzene rings is 2. The summed E-state index contributed by atoms with van der Waals surface area (Å²) in [5, 5.41) is 8.72. The van der Waals surface area contributed by atoms with Gasteiger partial charge in [0.15, 0.2) is 0 Å². The number of hydrogen-bond donors (Lipinski definition) is 1. The number of ether oxygens (including phenoxy) is 1. The fourth-order valence-electron chi connectivity index (χ4n) is 1.82. The highest BCUT2D eigenvalue weighted by atomic mass is 32.1. The molecule has 1 aromatic heterocycles. The van der Waals surface area contributed by atoms with Crippen LogP contribution in [0, 0.1) is 0 Å². The fraction of sp³-hybridized carbons (Fsp3) is 0. The van der Waals surface area contributed by atoms with Gasteiger partial charge in [-0.05, 0) is 29.0 Å². The predicted octanol–water partition coefficient (Wildman–Crippen LogP) is 4.51. The topological polar surface area (TPSA) is 38.3 Å². The van der Waals surface area contributed by atoms with E-state index in [-0.39, 0.29) is 0 Å². The van der Waals surface area contributed by atoms with Crippen molar-refractivity contribution in [2.24, 2.45) is 0 Å². The number of carbonyl (C=O) groups is 1. The van der Waals surface area contributed by atoms with Crippen molar-refractivity contribution in [3.8, 4) is 5.75 Å². The number of carbonyl (C=O) groups excluding carboxylic acids is 1. The molecular weight excluding hydrogens is 258 g/mol. The third-order valence-corrected chi connectivity index (χ3v) is 3.47. The van der Waals surface area contributed by atoms with Crippen LogP contribution in [-0.4, -0.2) is 6.09 Å². The molecule has 0 radical (unpaired) electrons. The van der Waals surface area contributed by atoms with Gasteiger partial charge in [-0.25, -0.2) is 4.79 Å². The molecule has 19 heavy (non-hydrogen) atoms. The zero-order valence-electron chi connectivity index (χ0n) is 10.00. The lowest BCUT2D eigenvalue weighted by atomic mass is 10.2. The Balaban J connectivity index is 1.78. The van der Waals surface area contributed by atoms with Gasteiger partial charge in [0.25, 0.3) is 0 Å². The van der Waals surface area contributed by atoms with E-state index >= 15 is 0 Å². The van der Waals surface area contributed by atoms with Gasteiger partial charge in [0.05, 0.1) is 0 Å². The van der Waals surface area contributed by atoms with Crippen molar-refractivity contribution in [2.45, 2.75) is 0 Å². The Morgan fingerprint density at radius 2 is 1.84 bits per heavy atom. The Kier molecular flexibility index (Phi) is 3.16. The molecule has 94 valence electrons. The summed E-state index contributed by atoms with van der Waals surface area (Å²) < 4.78 is 5.35. The molecule has 0 bridgehead atoms. The van der Waals surface area contributed by atoms with Crippen LogP contribution in [0.25, 0.3) is 10.8 Å². The number of para-hydroxylation sites is 1. The molecule has 0 unspecified atom stereocenters. The molecule has 0 atom stereocenters. The zero-order chi connectivity index (χ0) is 13.1. The molecule has 0 aliphatic rings. The number of fused-ring (bicyclic) bond motifs is 1. The van der Waals surface area contributed by atoms with E-state index < -0.39 is 6.09 Å². The van der Waals surface area contributed by atoms with E-state index in [0.29, 0.717) is 11.4 Å². The third-order valence-electron chi connectivity index (χ3n) is 2.70. The van der Waals surface area contributed by atoms with Crippen LogP contribution >= 0.6 is 11.3 Å². The minimum absolute atomic E-state index is 0.482. The largest absolute Gasteiger partial charge is 0.417 e. The lowest BCUT2D eigenvalue weighted by Gasteiger charge is -2.07. The van der Waals surface area contributed by atoms with Gasteiger partial charge in [-0.2, -0.15) is 11.3 Å². The summed E-state index contributed by atoms with van der Waals surface area (Å²) in [6.45, 7) is 0. The van der Waals surface area contributed by atoms with Crippen molar-refractivity contribution in [1.29, 1.82) is 0 Å². The number of amides is 1.